The highest BCUT2D eigenvalue weighted by atomic mass is 79.9. The Morgan fingerprint density at radius 1 is 1.22 bits per heavy atom. The third-order valence-electron chi connectivity index (χ3n) is 4.33. The molecule has 0 amide bonds. The number of carbonyl (C=O) groups is 1. The Hall–Kier alpha value is -1.08. The zero-order valence-corrected chi connectivity index (χ0v) is 15.9. The highest BCUT2D eigenvalue weighted by molar-refractivity contribution is 9.10. The second-order valence-electron chi connectivity index (χ2n) is 5.69. The van der Waals surface area contributed by atoms with Gasteiger partial charge in [-0.25, -0.2) is 13.2 Å². The molecule has 1 aliphatic carbocycles. The lowest BCUT2D eigenvalue weighted by atomic mass is 10.0. The summed E-state index contributed by atoms with van der Waals surface area (Å²) in [6, 6.07) is 1.38. The summed E-state index contributed by atoms with van der Waals surface area (Å²) in [5, 5.41) is -0.388. The quantitative estimate of drug-likeness (QED) is 0.716. The van der Waals surface area contributed by atoms with Gasteiger partial charge in [0.25, 0.3) is 0 Å². The van der Waals surface area contributed by atoms with Gasteiger partial charge in [-0.15, -0.1) is 0 Å². The minimum absolute atomic E-state index is 0.113. The van der Waals surface area contributed by atoms with Crippen LogP contribution in [0.5, 0.6) is 5.75 Å². The molecule has 5 nitrogen and oxygen atoms in total. The van der Waals surface area contributed by atoms with Crippen molar-refractivity contribution in [1.29, 1.82) is 0 Å². The highest BCUT2D eigenvalue weighted by Crippen LogP contribution is 2.39. The van der Waals surface area contributed by atoms with Gasteiger partial charge in [0, 0.05) is 0 Å². The highest BCUT2D eigenvalue weighted by Gasteiger charge is 2.33. The first-order valence-corrected chi connectivity index (χ1v) is 9.87. The fraction of sp³-hybridized carbons (Fsp3) is 0.562. The predicted molar refractivity (Wildman–Crippen MR) is 90.8 cm³/mol. The van der Waals surface area contributed by atoms with E-state index in [0.717, 1.165) is 19.3 Å². The Bertz CT molecular complexity index is 706. The zero-order valence-electron chi connectivity index (χ0n) is 13.5. The van der Waals surface area contributed by atoms with Crippen LogP contribution >= 0.6 is 15.9 Å². The number of hydrogen-bond acceptors (Lipinski definition) is 5. The molecular formula is C16H21BrO5S. The van der Waals surface area contributed by atoms with Crippen LogP contribution in [0.1, 0.15) is 48.0 Å². The Kier molecular flexibility index (Phi) is 5.73. The van der Waals surface area contributed by atoms with Gasteiger partial charge in [0.05, 0.1) is 28.8 Å². The summed E-state index contributed by atoms with van der Waals surface area (Å²) < 4.78 is 36.5. The first kappa shape index (κ1) is 18.3. The van der Waals surface area contributed by atoms with Crippen molar-refractivity contribution in [3.05, 3.63) is 21.7 Å². The van der Waals surface area contributed by atoms with Gasteiger partial charge in [0.15, 0.2) is 9.84 Å². The molecule has 1 aromatic carbocycles. The average molecular weight is 405 g/mol. The van der Waals surface area contributed by atoms with E-state index in [1.807, 2.05) is 0 Å². The van der Waals surface area contributed by atoms with Crippen LogP contribution in [0.2, 0.25) is 0 Å². The van der Waals surface area contributed by atoms with E-state index in [1.165, 1.54) is 20.3 Å². The fourth-order valence-electron chi connectivity index (χ4n) is 3.01. The molecule has 0 spiro atoms. The average Bonchev–Trinajstić information content (AvgIpc) is 2.56. The molecule has 1 saturated carbocycles. The molecule has 0 bridgehead atoms. The van der Waals surface area contributed by atoms with E-state index >= 15 is 0 Å². The topological polar surface area (TPSA) is 69.7 Å². The van der Waals surface area contributed by atoms with Crippen molar-refractivity contribution in [2.24, 2.45) is 0 Å². The first-order chi connectivity index (χ1) is 10.8. The molecule has 0 saturated heterocycles. The first-order valence-electron chi connectivity index (χ1n) is 7.53. The summed E-state index contributed by atoms with van der Waals surface area (Å²) in [5.41, 5.74) is 0.668. The number of methoxy groups -OCH3 is 2. The summed E-state index contributed by atoms with van der Waals surface area (Å²) in [5.74, 6) is -0.334. The molecule has 0 aromatic heterocycles. The Labute approximate surface area is 145 Å². The van der Waals surface area contributed by atoms with Crippen molar-refractivity contribution >= 4 is 31.7 Å². The number of carbonyl (C=O) groups excluding carboxylic acids is 1. The van der Waals surface area contributed by atoms with Gasteiger partial charge in [0.2, 0.25) is 0 Å². The van der Waals surface area contributed by atoms with E-state index in [-0.39, 0.29) is 21.5 Å². The minimum atomic E-state index is -3.50. The van der Waals surface area contributed by atoms with Gasteiger partial charge < -0.3 is 9.47 Å². The number of rotatable bonds is 4. The van der Waals surface area contributed by atoms with Crippen molar-refractivity contribution in [3.63, 3.8) is 0 Å². The normalized spacial score (nSPS) is 16.2. The second kappa shape index (κ2) is 7.21. The molecule has 0 radical (unpaired) electrons. The van der Waals surface area contributed by atoms with Crippen LogP contribution in [-0.2, 0) is 14.6 Å². The maximum Gasteiger partial charge on any atom is 0.341 e. The van der Waals surface area contributed by atoms with E-state index < -0.39 is 15.8 Å². The summed E-state index contributed by atoms with van der Waals surface area (Å²) in [4.78, 5) is 12.2. The fourth-order valence-corrected chi connectivity index (χ4v) is 5.86. The lowest BCUT2D eigenvalue weighted by molar-refractivity contribution is 0.0596. The number of halogens is 1. The molecule has 2 rings (SSSR count). The maximum atomic E-state index is 13.0. The molecule has 7 heteroatoms. The van der Waals surface area contributed by atoms with Crippen LogP contribution in [0.3, 0.4) is 0 Å². The third-order valence-corrected chi connectivity index (χ3v) is 7.67. The number of ether oxygens (including phenoxy) is 2. The zero-order chi connectivity index (χ0) is 17.2. The van der Waals surface area contributed by atoms with Gasteiger partial charge >= 0.3 is 5.97 Å². The standard InChI is InChI=1S/C16H21BrO5S/c1-10-13(23(19,20)11-7-5-4-6-8-11)9-12(16(18)22-3)15(21-2)14(10)17/h9,11H,4-8H2,1-3H3. The lowest BCUT2D eigenvalue weighted by Gasteiger charge is -2.24. The van der Waals surface area contributed by atoms with Crippen LogP contribution in [0.15, 0.2) is 15.4 Å². The molecule has 0 aliphatic heterocycles. The van der Waals surface area contributed by atoms with Gasteiger partial charge in [-0.05, 0) is 47.3 Å². The summed E-state index contributed by atoms with van der Waals surface area (Å²) in [7, 11) is -0.811. The van der Waals surface area contributed by atoms with Crippen LogP contribution in [0.4, 0.5) is 0 Å². The van der Waals surface area contributed by atoms with Crippen LogP contribution in [0.25, 0.3) is 0 Å². The van der Waals surface area contributed by atoms with Gasteiger partial charge in [-0.2, -0.15) is 0 Å². The van der Waals surface area contributed by atoms with Crippen LogP contribution in [-0.4, -0.2) is 33.9 Å². The minimum Gasteiger partial charge on any atom is -0.495 e. The van der Waals surface area contributed by atoms with Gasteiger partial charge in [-0.1, -0.05) is 19.3 Å². The molecule has 0 atom stereocenters. The van der Waals surface area contributed by atoms with Crippen molar-refractivity contribution in [1.82, 2.24) is 0 Å². The largest absolute Gasteiger partial charge is 0.495 e. The molecule has 128 valence electrons. The SMILES string of the molecule is COC(=O)c1cc(S(=O)(=O)C2CCCCC2)c(C)c(Br)c1OC. The van der Waals surface area contributed by atoms with E-state index in [0.29, 0.717) is 22.9 Å². The van der Waals surface area contributed by atoms with Gasteiger partial charge in [0.1, 0.15) is 11.3 Å². The maximum absolute atomic E-state index is 13.0. The number of esters is 1. The van der Waals surface area contributed by atoms with E-state index in [9.17, 15) is 13.2 Å². The smallest absolute Gasteiger partial charge is 0.341 e. The van der Waals surface area contributed by atoms with Crippen LogP contribution in [0, 0.1) is 6.92 Å². The van der Waals surface area contributed by atoms with E-state index in [4.69, 9.17) is 9.47 Å². The molecule has 1 aliphatic rings. The molecule has 0 N–H and O–H groups in total. The summed E-state index contributed by atoms with van der Waals surface area (Å²) >= 11 is 3.36. The predicted octanol–water partition coefficient (Wildman–Crippen LogP) is 3.66. The van der Waals surface area contributed by atoms with Crippen molar-refractivity contribution in [2.45, 2.75) is 49.2 Å². The molecule has 0 heterocycles. The Balaban J connectivity index is 2.62. The van der Waals surface area contributed by atoms with Crippen molar-refractivity contribution in [3.8, 4) is 5.75 Å². The van der Waals surface area contributed by atoms with Crippen molar-refractivity contribution in [2.75, 3.05) is 14.2 Å². The van der Waals surface area contributed by atoms with E-state index in [1.54, 1.807) is 6.92 Å². The molecular weight excluding hydrogens is 384 g/mol. The van der Waals surface area contributed by atoms with Crippen molar-refractivity contribution < 1.29 is 22.7 Å². The molecule has 1 fully saturated rings. The number of hydrogen-bond donors (Lipinski definition) is 0. The number of benzene rings is 1. The Morgan fingerprint density at radius 2 is 1.83 bits per heavy atom. The van der Waals surface area contributed by atoms with Gasteiger partial charge in [-0.3, -0.25) is 0 Å². The monoisotopic (exact) mass is 404 g/mol. The molecule has 23 heavy (non-hydrogen) atoms. The molecule has 0 unspecified atom stereocenters. The van der Waals surface area contributed by atoms with E-state index in [2.05, 4.69) is 15.9 Å². The van der Waals surface area contributed by atoms with Crippen LogP contribution < -0.4 is 4.74 Å². The molecule has 1 aromatic rings. The third kappa shape index (κ3) is 3.40. The lowest BCUT2D eigenvalue weighted by Crippen LogP contribution is -2.25. The summed E-state index contributed by atoms with van der Waals surface area (Å²) in [6.45, 7) is 1.71. The summed E-state index contributed by atoms with van der Waals surface area (Å²) in [6.07, 6.45) is 4.25. The second-order valence-corrected chi connectivity index (χ2v) is 8.68. The number of sulfone groups is 1. The Morgan fingerprint density at radius 3 is 2.35 bits per heavy atom.